The van der Waals surface area contributed by atoms with Gasteiger partial charge in [-0.3, -0.25) is 0 Å². The number of nitrogens with one attached hydrogen (secondary N) is 1. The van der Waals surface area contributed by atoms with Crippen molar-refractivity contribution in [3.63, 3.8) is 0 Å². The van der Waals surface area contributed by atoms with E-state index in [-0.39, 0.29) is 4.99 Å². The van der Waals surface area contributed by atoms with Crippen molar-refractivity contribution >= 4 is 28.7 Å². The molecular formula is C14H12F3N3S. The number of pyridine rings is 1. The van der Waals surface area contributed by atoms with E-state index in [9.17, 15) is 13.2 Å². The van der Waals surface area contributed by atoms with Crippen LogP contribution in [0.1, 0.15) is 16.8 Å². The Morgan fingerprint density at radius 1 is 1.14 bits per heavy atom. The van der Waals surface area contributed by atoms with Crippen LogP contribution in [0.4, 0.5) is 24.7 Å². The standard InChI is InChI=1S/C14H12F3N3S/c1-8-2-7-11(12(18)21)13(19-8)20-10-5-3-9(4-6-10)14(15,16)17/h2-7H,1H3,(H2,18,21)(H,19,20). The van der Waals surface area contributed by atoms with Gasteiger partial charge < -0.3 is 11.1 Å². The van der Waals surface area contributed by atoms with Gasteiger partial charge in [0, 0.05) is 11.4 Å². The maximum Gasteiger partial charge on any atom is 0.416 e. The van der Waals surface area contributed by atoms with Gasteiger partial charge in [-0.25, -0.2) is 4.98 Å². The number of nitrogens with two attached hydrogens (primary N) is 1. The number of rotatable bonds is 3. The molecule has 0 saturated carbocycles. The predicted octanol–water partition coefficient (Wildman–Crippen LogP) is 3.79. The first-order valence-electron chi connectivity index (χ1n) is 5.99. The third kappa shape index (κ3) is 3.69. The van der Waals surface area contributed by atoms with Gasteiger partial charge in [-0.1, -0.05) is 12.2 Å². The van der Waals surface area contributed by atoms with Crippen LogP contribution in [0.5, 0.6) is 0 Å². The number of nitrogens with zero attached hydrogens (tertiary/aromatic N) is 1. The molecule has 0 amide bonds. The molecule has 110 valence electrons. The van der Waals surface area contributed by atoms with Gasteiger partial charge in [0.2, 0.25) is 0 Å². The molecule has 0 aliphatic carbocycles. The first kappa shape index (κ1) is 15.2. The second kappa shape index (κ2) is 5.69. The third-order valence-corrected chi connectivity index (χ3v) is 2.99. The summed E-state index contributed by atoms with van der Waals surface area (Å²) < 4.78 is 37.5. The Hall–Kier alpha value is -2.15. The van der Waals surface area contributed by atoms with Gasteiger partial charge >= 0.3 is 6.18 Å². The molecule has 0 spiro atoms. The van der Waals surface area contributed by atoms with Crippen molar-refractivity contribution in [2.45, 2.75) is 13.1 Å². The molecule has 1 heterocycles. The normalized spacial score (nSPS) is 11.2. The molecule has 1 aromatic heterocycles. The van der Waals surface area contributed by atoms with Crippen LogP contribution in [-0.4, -0.2) is 9.97 Å². The molecule has 7 heteroatoms. The van der Waals surface area contributed by atoms with Crippen molar-refractivity contribution in [3.8, 4) is 0 Å². The van der Waals surface area contributed by atoms with Gasteiger partial charge in [-0.2, -0.15) is 13.2 Å². The third-order valence-electron chi connectivity index (χ3n) is 2.77. The van der Waals surface area contributed by atoms with Crippen molar-refractivity contribution < 1.29 is 13.2 Å². The van der Waals surface area contributed by atoms with Crippen LogP contribution < -0.4 is 11.1 Å². The molecule has 2 aromatic rings. The second-order valence-electron chi connectivity index (χ2n) is 4.41. The molecule has 0 atom stereocenters. The molecule has 1 aromatic carbocycles. The van der Waals surface area contributed by atoms with Gasteiger partial charge in [0.1, 0.15) is 10.8 Å². The second-order valence-corrected chi connectivity index (χ2v) is 4.85. The molecular weight excluding hydrogens is 299 g/mol. The maximum absolute atomic E-state index is 12.5. The monoisotopic (exact) mass is 311 g/mol. The lowest BCUT2D eigenvalue weighted by Gasteiger charge is -2.12. The van der Waals surface area contributed by atoms with Gasteiger partial charge in [-0.15, -0.1) is 0 Å². The van der Waals surface area contributed by atoms with E-state index in [1.807, 2.05) is 0 Å². The highest BCUT2D eigenvalue weighted by Crippen LogP contribution is 2.30. The van der Waals surface area contributed by atoms with Crippen LogP contribution in [0.15, 0.2) is 36.4 Å². The molecule has 0 aliphatic rings. The first-order valence-corrected chi connectivity index (χ1v) is 6.40. The summed E-state index contributed by atoms with van der Waals surface area (Å²) in [5.74, 6) is 0.419. The number of aromatic nitrogens is 1. The number of anilines is 2. The van der Waals surface area contributed by atoms with E-state index in [1.54, 1.807) is 19.1 Å². The summed E-state index contributed by atoms with van der Waals surface area (Å²) in [5, 5.41) is 2.93. The Balaban J connectivity index is 2.30. The largest absolute Gasteiger partial charge is 0.416 e. The molecule has 0 fully saturated rings. The summed E-state index contributed by atoms with van der Waals surface area (Å²) in [4.78, 5) is 4.42. The Morgan fingerprint density at radius 3 is 2.29 bits per heavy atom. The molecule has 0 radical (unpaired) electrons. The lowest BCUT2D eigenvalue weighted by Crippen LogP contribution is -2.13. The zero-order valence-electron chi connectivity index (χ0n) is 11.0. The van der Waals surface area contributed by atoms with Crippen LogP contribution in [-0.2, 0) is 6.18 Å². The highest BCUT2D eigenvalue weighted by Gasteiger charge is 2.29. The summed E-state index contributed by atoms with van der Waals surface area (Å²) in [6.45, 7) is 1.79. The van der Waals surface area contributed by atoms with Crippen molar-refractivity contribution in [3.05, 3.63) is 53.2 Å². The highest BCUT2D eigenvalue weighted by atomic mass is 32.1. The van der Waals surface area contributed by atoms with E-state index in [4.69, 9.17) is 18.0 Å². The number of hydrogen-bond donors (Lipinski definition) is 2. The molecule has 3 nitrogen and oxygen atoms in total. The van der Waals surface area contributed by atoms with Gasteiger partial charge in [0.25, 0.3) is 0 Å². The summed E-state index contributed by atoms with van der Waals surface area (Å²) in [5.41, 5.74) is 6.64. The molecule has 21 heavy (non-hydrogen) atoms. The minimum absolute atomic E-state index is 0.164. The Morgan fingerprint density at radius 2 is 1.76 bits per heavy atom. The molecule has 0 bridgehead atoms. The van der Waals surface area contributed by atoms with E-state index in [2.05, 4.69) is 10.3 Å². The molecule has 3 N–H and O–H groups in total. The number of aryl methyl sites for hydroxylation is 1. The molecule has 0 aliphatic heterocycles. The zero-order chi connectivity index (χ0) is 15.6. The van der Waals surface area contributed by atoms with E-state index >= 15 is 0 Å². The predicted molar refractivity (Wildman–Crippen MR) is 79.6 cm³/mol. The minimum Gasteiger partial charge on any atom is -0.389 e. The average molecular weight is 311 g/mol. The fraction of sp³-hybridized carbons (Fsp3) is 0.143. The number of thiocarbonyl (C=S) groups is 1. The number of benzene rings is 1. The Labute approximate surface area is 125 Å². The quantitative estimate of drug-likeness (QED) is 0.847. The number of alkyl halides is 3. The van der Waals surface area contributed by atoms with Crippen LogP contribution in [0.25, 0.3) is 0 Å². The Bertz CT molecular complexity index is 666. The topological polar surface area (TPSA) is 50.9 Å². The highest BCUT2D eigenvalue weighted by molar-refractivity contribution is 7.80. The smallest absolute Gasteiger partial charge is 0.389 e. The van der Waals surface area contributed by atoms with E-state index in [0.29, 0.717) is 17.1 Å². The summed E-state index contributed by atoms with van der Waals surface area (Å²) in [7, 11) is 0. The van der Waals surface area contributed by atoms with Crippen LogP contribution in [0.3, 0.4) is 0 Å². The van der Waals surface area contributed by atoms with Crippen molar-refractivity contribution in [1.82, 2.24) is 4.98 Å². The van der Waals surface area contributed by atoms with Crippen LogP contribution >= 0.6 is 12.2 Å². The van der Waals surface area contributed by atoms with E-state index < -0.39 is 11.7 Å². The summed E-state index contributed by atoms with van der Waals surface area (Å²) in [6.07, 6.45) is -4.36. The number of hydrogen-bond acceptors (Lipinski definition) is 3. The maximum atomic E-state index is 12.5. The zero-order valence-corrected chi connectivity index (χ0v) is 11.8. The fourth-order valence-corrected chi connectivity index (χ4v) is 1.89. The lowest BCUT2D eigenvalue weighted by atomic mass is 10.2. The van der Waals surface area contributed by atoms with Crippen molar-refractivity contribution in [1.29, 1.82) is 0 Å². The first-order chi connectivity index (χ1) is 9.77. The fourth-order valence-electron chi connectivity index (χ4n) is 1.73. The SMILES string of the molecule is Cc1ccc(C(N)=S)c(Nc2ccc(C(F)(F)F)cc2)n1. The molecule has 0 unspecified atom stereocenters. The van der Waals surface area contributed by atoms with Crippen LogP contribution in [0.2, 0.25) is 0 Å². The van der Waals surface area contributed by atoms with Gasteiger partial charge in [0.05, 0.1) is 11.1 Å². The molecule has 0 saturated heterocycles. The summed E-state index contributed by atoms with van der Waals surface area (Å²) >= 11 is 4.93. The van der Waals surface area contributed by atoms with Gasteiger partial charge in [-0.05, 0) is 43.3 Å². The van der Waals surface area contributed by atoms with E-state index in [1.165, 1.54) is 12.1 Å². The van der Waals surface area contributed by atoms with E-state index in [0.717, 1.165) is 17.8 Å². The minimum atomic E-state index is -4.36. The van der Waals surface area contributed by atoms with Crippen LogP contribution in [0, 0.1) is 6.92 Å². The van der Waals surface area contributed by atoms with Crippen molar-refractivity contribution in [2.24, 2.45) is 5.73 Å². The lowest BCUT2D eigenvalue weighted by molar-refractivity contribution is -0.137. The summed E-state index contributed by atoms with van der Waals surface area (Å²) in [6, 6.07) is 8.13. The molecule has 2 rings (SSSR count). The van der Waals surface area contributed by atoms with Gasteiger partial charge in [0.15, 0.2) is 0 Å². The Kier molecular flexibility index (Phi) is 4.13. The number of halogens is 3. The average Bonchev–Trinajstić information content (AvgIpc) is 2.38. The van der Waals surface area contributed by atoms with Crippen molar-refractivity contribution in [2.75, 3.05) is 5.32 Å².